The van der Waals surface area contributed by atoms with Crippen molar-refractivity contribution in [3.8, 4) is 0 Å². The highest BCUT2D eigenvalue weighted by Gasteiger charge is 2.30. The van der Waals surface area contributed by atoms with E-state index in [2.05, 4.69) is 0 Å². The van der Waals surface area contributed by atoms with Crippen LogP contribution in [0, 0.1) is 0 Å². The predicted octanol–water partition coefficient (Wildman–Crippen LogP) is 0.957. The number of aliphatic hydroxyl groups excluding tert-OH is 1. The molecule has 0 unspecified atom stereocenters. The van der Waals surface area contributed by atoms with Gasteiger partial charge in [0.15, 0.2) is 0 Å². The molecule has 1 aliphatic rings. The van der Waals surface area contributed by atoms with Gasteiger partial charge in [0.25, 0.3) is 10.0 Å². The van der Waals surface area contributed by atoms with Gasteiger partial charge in [0.2, 0.25) is 0 Å². The van der Waals surface area contributed by atoms with Gasteiger partial charge in [0.1, 0.15) is 5.60 Å². The molecule has 0 aromatic heterocycles. The van der Waals surface area contributed by atoms with Crippen molar-refractivity contribution in [1.29, 1.82) is 0 Å². The first-order valence-corrected chi connectivity index (χ1v) is 6.43. The Morgan fingerprint density at radius 3 is 2.47 bits per heavy atom. The third-order valence-corrected chi connectivity index (χ3v) is 3.17. The predicted molar refractivity (Wildman–Crippen MR) is 61.3 cm³/mol. The van der Waals surface area contributed by atoms with Crippen LogP contribution in [0.3, 0.4) is 0 Å². The fraction of sp³-hybridized carbons (Fsp3) is 0.500. The van der Waals surface area contributed by atoms with Gasteiger partial charge in [0.05, 0.1) is 12.0 Å². The van der Waals surface area contributed by atoms with Gasteiger partial charge in [-0.1, -0.05) is 0 Å². The normalized spacial score (nSPS) is 18.8. The largest absolute Gasteiger partial charge is 0.443 e. The number of sulfonamides is 1. The third-order valence-electron chi connectivity index (χ3n) is 1.75. The van der Waals surface area contributed by atoms with Crippen LogP contribution in [-0.2, 0) is 14.8 Å². The fourth-order valence-corrected chi connectivity index (χ4v) is 2.22. The molecule has 0 saturated carbocycles. The van der Waals surface area contributed by atoms with E-state index in [0.29, 0.717) is 4.31 Å². The Hall–Kier alpha value is -1.34. The highest BCUT2D eigenvalue weighted by atomic mass is 32.2. The van der Waals surface area contributed by atoms with E-state index in [-0.39, 0.29) is 5.57 Å². The van der Waals surface area contributed by atoms with Crippen molar-refractivity contribution in [2.75, 3.05) is 6.61 Å². The first-order chi connectivity index (χ1) is 7.65. The molecule has 0 radical (unpaired) electrons. The summed E-state index contributed by atoms with van der Waals surface area (Å²) in [5.41, 5.74) is -0.564. The molecule has 0 fully saturated rings. The van der Waals surface area contributed by atoms with Crippen LogP contribution >= 0.6 is 0 Å². The number of hydrogen-bond donors (Lipinski definition) is 1. The van der Waals surface area contributed by atoms with Gasteiger partial charge >= 0.3 is 6.09 Å². The van der Waals surface area contributed by atoms with E-state index in [0.717, 1.165) is 11.6 Å². The maximum absolute atomic E-state index is 11.7. The van der Waals surface area contributed by atoms with Gasteiger partial charge in [-0.2, -0.15) is 4.31 Å². The molecule has 17 heavy (non-hydrogen) atoms. The van der Waals surface area contributed by atoms with E-state index in [9.17, 15) is 13.2 Å². The number of amides is 1. The molecule has 1 aliphatic heterocycles. The summed E-state index contributed by atoms with van der Waals surface area (Å²) in [6.45, 7) is 4.51. The quantitative estimate of drug-likeness (QED) is 0.760. The average Bonchev–Trinajstić information content (AvgIpc) is 2.12. The molecule has 0 atom stereocenters. The summed E-state index contributed by atoms with van der Waals surface area (Å²) in [6, 6.07) is 0. The Kier molecular flexibility index (Phi) is 3.63. The monoisotopic (exact) mass is 261 g/mol. The van der Waals surface area contributed by atoms with Crippen LogP contribution in [0.15, 0.2) is 23.3 Å². The number of hydrogen-bond acceptors (Lipinski definition) is 5. The summed E-state index contributed by atoms with van der Waals surface area (Å²) < 4.78 is 28.8. The minimum atomic E-state index is -3.91. The van der Waals surface area contributed by atoms with Gasteiger partial charge in [-0.15, -0.1) is 0 Å². The SMILES string of the molecule is CC(C)(C)OC(=O)N1C=CC(CO)=CS1(=O)=O. The van der Waals surface area contributed by atoms with Crippen molar-refractivity contribution in [2.45, 2.75) is 26.4 Å². The van der Waals surface area contributed by atoms with E-state index in [4.69, 9.17) is 9.84 Å². The molecule has 1 amide bonds. The zero-order valence-electron chi connectivity index (χ0n) is 9.87. The summed E-state index contributed by atoms with van der Waals surface area (Å²) in [4.78, 5) is 11.6. The van der Waals surface area contributed by atoms with Crippen LogP contribution in [0.25, 0.3) is 0 Å². The molecular formula is C10H15NO5S. The Balaban J connectivity index is 2.93. The van der Waals surface area contributed by atoms with Crippen molar-refractivity contribution < 1.29 is 23.1 Å². The zero-order valence-corrected chi connectivity index (χ0v) is 10.7. The zero-order chi connectivity index (χ0) is 13.3. The second-order valence-electron chi connectivity index (χ2n) is 4.49. The lowest BCUT2D eigenvalue weighted by Gasteiger charge is -2.25. The maximum Gasteiger partial charge on any atom is 0.428 e. The van der Waals surface area contributed by atoms with Crippen LogP contribution in [0.2, 0.25) is 0 Å². The van der Waals surface area contributed by atoms with Gasteiger partial charge in [0, 0.05) is 6.20 Å². The number of aliphatic hydroxyl groups is 1. The molecule has 0 bridgehead atoms. The minimum Gasteiger partial charge on any atom is -0.443 e. The van der Waals surface area contributed by atoms with E-state index in [1.165, 1.54) is 6.08 Å². The van der Waals surface area contributed by atoms with Gasteiger partial charge < -0.3 is 9.84 Å². The minimum absolute atomic E-state index is 0.213. The number of carbonyl (C=O) groups excluding carboxylic acids is 1. The van der Waals surface area contributed by atoms with Crippen molar-refractivity contribution in [3.05, 3.63) is 23.3 Å². The van der Waals surface area contributed by atoms with E-state index in [1.54, 1.807) is 20.8 Å². The van der Waals surface area contributed by atoms with Crippen LogP contribution in [-0.4, -0.2) is 36.1 Å². The summed E-state index contributed by atoms with van der Waals surface area (Å²) in [6.07, 6.45) is 1.43. The number of nitrogens with zero attached hydrogens (tertiary/aromatic N) is 1. The second kappa shape index (κ2) is 4.50. The van der Waals surface area contributed by atoms with Gasteiger partial charge in [-0.3, -0.25) is 0 Å². The van der Waals surface area contributed by atoms with Crippen LogP contribution in [0.1, 0.15) is 20.8 Å². The number of rotatable bonds is 1. The highest BCUT2D eigenvalue weighted by Crippen LogP contribution is 2.19. The van der Waals surface area contributed by atoms with Crippen molar-refractivity contribution in [3.63, 3.8) is 0 Å². The molecule has 0 aromatic rings. The summed E-state index contributed by atoms with van der Waals surface area (Å²) in [5.74, 6) is 0. The molecule has 0 saturated heterocycles. The molecule has 1 rings (SSSR count). The summed E-state index contributed by atoms with van der Waals surface area (Å²) in [5, 5.41) is 9.65. The Bertz CT molecular complexity index is 469. The summed E-state index contributed by atoms with van der Waals surface area (Å²) in [7, 11) is -3.91. The first kappa shape index (κ1) is 13.7. The van der Waals surface area contributed by atoms with E-state index < -0.39 is 28.3 Å². The number of carbonyl (C=O) groups is 1. The second-order valence-corrected chi connectivity index (χ2v) is 6.15. The molecule has 1 heterocycles. The molecule has 96 valence electrons. The lowest BCUT2D eigenvalue weighted by atomic mass is 10.2. The number of ether oxygens (including phenoxy) is 1. The lowest BCUT2D eigenvalue weighted by molar-refractivity contribution is 0.0443. The van der Waals surface area contributed by atoms with Crippen LogP contribution in [0.4, 0.5) is 4.79 Å². The topological polar surface area (TPSA) is 83.9 Å². The Labute approximate surface area is 100 Å². The Morgan fingerprint density at radius 2 is 2.06 bits per heavy atom. The molecule has 0 spiro atoms. The highest BCUT2D eigenvalue weighted by molar-refractivity contribution is 7.92. The first-order valence-electron chi connectivity index (χ1n) is 4.93. The van der Waals surface area contributed by atoms with Crippen molar-refractivity contribution in [1.82, 2.24) is 4.31 Å². The van der Waals surface area contributed by atoms with Crippen LogP contribution < -0.4 is 0 Å². The summed E-state index contributed by atoms with van der Waals surface area (Å²) >= 11 is 0. The molecule has 1 N–H and O–H groups in total. The molecule has 6 nitrogen and oxygen atoms in total. The molecular weight excluding hydrogens is 246 g/mol. The van der Waals surface area contributed by atoms with Crippen molar-refractivity contribution >= 4 is 16.1 Å². The lowest BCUT2D eigenvalue weighted by Crippen LogP contribution is -2.37. The Morgan fingerprint density at radius 1 is 1.47 bits per heavy atom. The smallest absolute Gasteiger partial charge is 0.428 e. The molecule has 0 aliphatic carbocycles. The third kappa shape index (κ3) is 3.57. The molecule has 0 aromatic carbocycles. The van der Waals surface area contributed by atoms with E-state index >= 15 is 0 Å². The van der Waals surface area contributed by atoms with Crippen molar-refractivity contribution in [2.24, 2.45) is 0 Å². The average molecular weight is 261 g/mol. The van der Waals surface area contributed by atoms with Gasteiger partial charge in [-0.05, 0) is 32.4 Å². The van der Waals surface area contributed by atoms with E-state index in [1.807, 2.05) is 0 Å². The maximum atomic E-state index is 11.7. The van der Waals surface area contributed by atoms with Gasteiger partial charge in [-0.25, -0.2) is 13.2 Å². The fourth-order valence-electron chi connectivity index (χ4n) is 1.10. The standard InChI is InChI=1S/C10H15NO5S/c1-10(2,3)16-9(13)11-5-4-8(6-12)7-17(11,14)15/h4-5,7,12H,6H2,1-3H3. The van der Waals surface area contributed by atoms with Crippen LogP contribution in [0.5, 0.6) is 0 Å². The molecule has 7 heteroatoms.